The molecule has 60 heavy (non-hydrogen) atoms. The van der Waals surface area contributed by atoms with Crippen molar-refractivity contribution < 1.29 is 8.83 Å². The molecule has 0 aliphatic rings. The molecule has 0 amide bonds. The van der Waals surface area contributed by atoms with Gasteiger partial charge in [-0.15, -0.1) is 0 Å². The number of aromatic nitrogens is 2. The Hall–Kier alpha value is -8.15. The van der Waals surface area contributed by atoms with Gasteiger partial charge in [0.2, 0.25) is 5.89 Å². The van der Waals surface area contributed by atoms with E-state index in [0.29, 0.717) is 5.89 Å². The zero-order valence-corrected chi connectivity index (χ0v) is 32.4. The lowest BCUT2D eigenvalue weighted by Gasteiger charge is -2.26. The highest BCUT2D eigenvalue weighted by molar-refractivity contribution is 6.21. The second-order valence-corrected chi connectivity index (χ2v) is 15.1. The Bertz CT molecular complexity index is 3510. The summed E-state index contributed by atoms with van der Waals surface area (Å²) in [5.74, 6) is 0.588. The summed E-state index contributed by atoms with van der Waals surface area (Å²) in [6.45, 7) is 0. The van der Waals surface area contributed by atoms with Gasteiger partial charge in [0, 0.05) is 44.3 Å². The van der Waals surface area contributed by atoms with Gasteiger partial charge in [0.25, 0.3) is 0 Å². The lowest BCUT2D eigenvalue weighted by molar-refractivity contribution is 0.619. The lowest BCUT2D eigenvalue weighted by atomic mass is 10.0. The first kappa shape index (κ1) is 33.9. The molecule has 0 fully saturated rings. The average Bonchev–Trinajstić information content (AvgIpc) is 4.03. The van der Waals surface area contributed by atoms with Crippen LogP contribution in [0.3, 0.4) is 0 Å². The zero-order chi connectivity index (χ0) is 39.6. The van der Waals surface area contributed by atoms with Gasteiger partial charge in [-0.05, 0) is 95.6 Å². The van der Waals surface area contributed by atoms with Gasteiger partial charge < -0.3 is 18.3 Å². The molecule has 0 unspecified atom stereocenters. The van der Waals surface area contributed by atoms with E-state index >= 15 is 0 Å². The summed E-state index contributed by atoms with van der Waals surface area (Å²) in [7, 11) is 0. The molecular formula is C55H35N3O2. The third-order valence-corrected chi connectivity index (χ3v) is 11.6. The molecule has 3 aromatic heterocycles. The Morgan fingerprint density at radius 1 is 0.417 bits per heavy atom. The summed E-state index contributed by atoms with van der Waals surface area (Å²) in [6.07, 6.45) is 0. The molecule has 5 heteroatoms. The summed E-state index contributed by atoms with van der Waals surface area (Å²) in [5, 5.41) is 4.34. The molecule has 0 saturated heterocycles. The normalized spacial score (nSPS) is 11.7. The highest BCUT2D eigenvalue weighted by Crippen LogP contribution is 2.45. The number of para-hydroxylation sites is 3. The first-order chi connectivity index (χ1) is 29.8. The van der Waals surface area contributed by atoms with Crippen LogP contribution in [-0.2, 0) is 0 Å². The number of oxazole rings is 1. The third kappa shape index (κ3) is 5.44. The van der Waals surface area contributed by atoms with Gasteiger partial charge >= 0.3 is 0 Å². The van der Waals surface area contributed by atoms with E-state index < -0.39 is 0 Å². The van der Waals surface area contributed by atoms with E-state index in [-0.39, 0.29) is 0 Å². The van der Waals surface area contributed by atoms with Crippen molar-refractivity contribution in [2.24, 2.45) is 0 Å². The minimum atomic E-state index is 0.588. The fraction of sp³-hybridized carbons (Fsp3) is 0. The van der Waals surface area contributed by atoms with Crippen LogP contribution in [0.15, 0.2) is 221 Å². The maximum atomic E-state index is 6.62. The molecule has 0 bridgehead atoms. The van der Waals surface area contributed by atoms with Crippen LogP contribution in [0, 0.1) is 0 Å². The molecule has 12 rings (SSSR count). The highest BCUT2D eigenvalue weighted by Gasteiger charge is 2.23. The quantitative estimate of drug-likeness (QED) is 0.162. The van der Waals surface area contributed by atoms with Crippen LogP contribution < -0.4 is 4.90 Å². The van der Waals surface area contributed by atoms with Crippen molar-refractivity contribution in [1.29, 1.82) is 0 Å². The van der Waals surface area contributed by atoms with Crippen LogP contribution in [0.25, 0.3) is 94.2 Å². The molecule has 282 valence electrons. The Labute approximate surface area is 345 Å². The monoisotopic (exact) mass is 769 g/mol. The van der Waals surface area contributed by atoms with Crippen molar-refractivity contribution in [2.75, 3.05) is 4.90 Å². The number of nitrogens with zero attached hydrogens (tertiary/aromatic N) is 3. The molecule has 0 spiro atoms. The van der Waals surface area contributed by atoms with Gasteiger partial charge in [-0.25, -0.2) is 4.98 Å². The Balaban J connectivity index is 1.01. The fourth-order valence-corrected chi connectivity index (χ4v) is 8.89. The van der Waals surface area contributed by atoms with E-state index in [1.54, 1.807) is 0 Å². The SMILES string of the molecule is c1ccc(-c2ccc(N(c3ccccc3)c3cccc4c3c3ccccc3n4-c3ccc(-c4cc5oc(-c6ccccc6)nc5c5c4oc4ccccc45)cc3)cc2)cc1. The van der Waals surface area contributed by atoms with E-state index in [0.717, 1.165) is 83.5 Å². The maximum Gasteiger partial charge on any atom is 0.227 e. The predicted molar refractivity (Wildman–Crippen MR) is 247 cm³/mol. The summed E-state index contributed by atoms with van der Waals surface area (Å²) < 4.78 is 15.5. The topological polar surface area (TPSA) is 47.3 Å². The molecule has 9 aromatic carbocycles. The van der Waals surface area contributed by atoms with Crippen LogP contribution in [0.4, 0.5) is 17.1 Å². The van der Waals surface area contributed by atoms with Crippen molar-refractivity contribution in [3.05, 3.63) is 212 Å². The van der Waals surface area contributed by atoms with Gasteiger partial charge in [0.1, 0.15) is 16.7 Å². The van der Waals surface area contributed by atoms with Gasteiger partial charge in [-0.2, -0.15) is 0 Å². The zero-order valence-electron chi connectivity index (χ0n) is 32.4. The largest absolute Gasteiger partial charge is 0.455 e. The molecular weight excluding hydrogens is 735 g/mol. The number of benzene rings is 9. The van der Waals surface area contributed by atoms with E-state index in [2.05, 4.69) is 173 Å². The van der Waals surface area contributed by atoms with Crippen molar-refractivity contribution in [1.82, 2.24) is 9.55 Å². The van der Waals surface area contributed by atoms with E-state index in [4.69, 9.17) is 13.8 Å². The number of rotatable bonds is 7. The smallest absolute Gasteiger partial charge is 0.227 e. The summed E-state index contributed by atoms with van der Waals surface area (Å²) in [5.41, 5.74) is 15.0. The van der Waals surface area contributed by atoms with Crippen LogP contribution in [-0.4, -0.2) is 9.55 Å². The molecule has 0 radical (unpaired) electrons. The summed E-state index contributed by atoms with van der Waals surface area (Å²) in [6, 6.07) is 74.5. The van der Waals surface area contributed by atoms with Gasteiger partial charge in [-0.1, -0.05) is 133 Å². The van der Waals surface area contributed by atoms with Crippen LogP contribution >= 0.6 is 0 Å². The second kappa shape index (κ2) is 13.8. The van der Waals surface area contributed by atoms with Gasteiger partial charge in [-0.3, -0.25) is 0 Å². The predicted octanol–water partition coefficient (Wildman–Crippen LogP) is 15.3. The Morgan fingerprint density at radius 2 is 1.02 bits per heavy atom. The number of hydrogen-bond acceptors (Lipinski definition) is 4. The molecule has 5 nitrogen and oxygen atoms in total. The Kier molecular flexibility index (Phi) is 7.78. The van der Waals surface area contributed by atoms with E-state index in [1.807, 2.05) is 48.5 Å². The standard InChI is InChI=1S/C55H35N3O2/c1-4-15-36(16-5-1)37-27-31-41(32-28-37)57(40-19-8-3-9-20-40)47-24-14-25-48-51(47)43-21-10-12-23-46(43)58(48)42-33-29-38(30-34-42)45-35-50-53(56-55(60-50)39-17-6-2-7-18-39)52-44-22-11-13-26-49(44)59-54(45)52/h1-35H. The van der Waals surface area contributed by atoms with E-state index in [1.165, 1.54) is 21.9 Å². The minimum absolute atomic E-state index is 0.588. The third-order valence-electron chi connectivity index (χ3n) is 11.6. The van der Waals surface area contributed by atoms with E-state index in [9.17, 15) is 0 Å². The number of fused-ring (bicyclic) bond motifs is 8. The fourth-order valence-electron chi connectivity index (χ4n) is 8.89. The van der Waals surface area contributed by atoms with Crippen LogP contribution in [0.5, 0.6) is 0 Å². The van der Waals surface area contributed by atoms with Crippen LogP contribution in [0.2, 0.25) is 0 Å². The molecule has 0 aliphatic heterocycles. The summed E-state index contributed by atoms with van der Waals surface area (Å²) >= 11 is 0. The minimum Gasteiger partial charge on any atom is -0.455 e. The molecule has 0 N–H and O–H groups in total. The molecule has 0 saturated carbocycles. The number of hydrogen-bond donors (Lipinski definition) is 0. The Morgan fingerprint density at radius 3 is 1.78 bits per heavy atom. The number of anilines is 3. The lowest BCUT2D eigenvalue weighted by Crippen LogP contribution is -2.10. The van der Waals surface area contributed by atoms with Crippen LogP contribution in [0.1, 0.15) is 0 Å². The highest BCUT2D eigenvalue weighted by atomic mass is 16.4. The van der Waals surface area contributed by atoms with Crippen molar-refractivity contribution >= 4 is 71.9 Å². The first-order valence-corrected chi connectivity index (χ1v) is 20.2. The number of furan rings is 1. The van der Waals surface area contributed by atoms with Gasteiger partial charge in [0.15, 0.2) is 5.58 Å². The average molecular weight is 770 g/mol. The molecule has 3 heterocycles. The molecule has 0 atom stereocenters. The molecule has 12 aromatic rings. The van der Waals surface area contributed by atoms with Crippen molar-refractivity contribution in [3.8, 4) is 39.4 Å². The maximum absolute atomic E-state index is 6.62. The van der Waals surface area contributed by atoms with Gasteiger partial charge in [0.05, 0.1) is 22.1 Å². The molecule has 0 aliphatic carbocycles. The first-order valence-electron chi connectivity index (χ1n) is 20.2. The van der Waals surface area contributed by atoms with Crippen molar-refractivity contribution in [2.45, 2.75) is 0 Å². The summed E-state index contributed by atoms with van der Waals surface area (Å²) in [4.78, 5) is 7.39. The van der Waals surface area contributed by atoms with Crippen molar-refractivity contribution in [3.63, 3.8) is 0 Å². The second-order valence-electron chi connectivity index (χ2n) is 15.1.